The number of aliphatic imine (C=N–C) groups is 1. The highest BCUT2D eigenvalue weighted by Gasteiger charge is 2.24. The van der Waals surface area contributed by atoms with Gasteiger partial charge in [-0.1, -0.05) is 56.3 Å². The Labute approximate surface area is 230 Å². The summed E-state index contributed by atoms with van der Waals surface area (Å²) in [5, 5.41) is 19.7. The molecule has 2 heterocycles. The van der Waals surface area contributed by atoms with E-state index in [1.807, 2.05) is 19.9 Å². The Kier molecular flexibility index (Phi) is 10.3. The molecule has 1 aliphatic carbocycles. The second-order valence-electron chi connectivity index (χ2n) is 8.79. The minimum atomic E-state index is -2.87. The summed E-state index contributed by atoms with van der Waals surface area (Å²) in [5.74, 6) is 6.09. The van der Waals surface area contributed by atoms with E-state index in [2.05, 4.69) is 43.9 Å². The zero-order valence-electron chi connectivity index (χ0n) is 22.2. The normalized spacial score (nSPS) is 14.6. The molecule has 204 valence electrons. The highest BCUT2D eigenvalue weighted by molar-refractivity contribution is 7.15. The lowest BCUT2D eigenvalue weighted by Crippen LogP contribution is -2.22. The first kappa shape index (κ1) is 29.5. The zero-order valence-corrected chi connectivity index (χ0v) is 23.0. The van der Waals surface area contributed by atoms with Crippen molar-refractivity contribution >= 4 is 33.8 Å². The molecule has 0 spiro atoms. The van der Waals surface area contributed by atoms with Crippen LogP contribution in [0.15, 0.2) is 53.3 Å². The number of rotatable bonds is 11. The number of hydrogen-bond donors (Lipinski definition) is 2. The maximum absolute atomic E-state index is 13.6. The van der Waals surface area contributed by atoms with Gasteiger partial charge in [-0.3, -0.25) is 20.5 Å². The van der Waals surface area contributed by atoms with Crippen molar-refractivity contribution in [3.8, 4) is 17.6 Å². The number of ether oxygens (including phenoxy) is 1. The van der Waals surface area contributed by atoms with E-state index in [0.717, 1.165) is 42.9 Å². The van der Waals surface area contributed by atoms with Gasteiger partial charge in [0.1, 0.15) is 11.4 Å². The topological polar surface area (TPSA) is 113 Å². The Bertz CT molecular complexity index is 1400. The van der Waals surface area contributed by atoms with E-state index in [1.54, 1.807) is 19.1 Å². The number of alkyl halides is 2. The number of allylic oxidation sites excluding steroid dienone is 3. The minimum Gasteiger partial charge on any atom is -0.494 e. The van der Waals surface area contributed by atoms with E-state index >= 15 is 0 Å². The molecule has 0 radical (unpaired) electrons. The number of hydrogen-bond acceptors (Lipinski definition) is 8. The van der Waals surface area contributed by atoms with Crippen molar-refractivity contribution in [2.75, 3.05) is 12.4 Å². The van der Waals surface area contributed by atoms with Crippen LogP contribution < -0.4 is 10.1 Å². The molecule has 11 heteroatoms. The molecule has 0 aromatic carbocycles. The highest BCUT2D eigenvalue weighted by atomic mass is 32.1. The number of pyridine rings is 1. The standard InChI is InChI=1S/C28H30F2N6O2S/c1-6-16(3)8-12-20(31)21(7-2)33-25(19-14-22(26(29)30)32-15-23(19)38-5)17(4)27(37)34-28-36-35-24(39-28)13-11-18-9-10-18/h7-8,12,14-16,18,26,31H,4,6,9-10H2,1-3,5H3,(H,34,36,37)/b12-8-,21-7-,31-20?,33-25?. The third kappa shape index (κ3) is 8.22. The highest BCUT2D eigenvalue weighted by Crippen LogP contribution is 2.29. The molecule has 1 fully saturated rings. The van der Waals surface area contributed by atoms with Gasteiger partial charge in [-0.2, -0.15) is 0 Å². The zero-order chi connectivity index (χ0) is 28.5. The van der Waals surface area contributed by atoms with Crippen LogP contribution in [-0.2, 0) is 4.79 Å². The van der Waals surface area contributed by atoms with Crippen LogP contribution in [0.4, 0.5) is 13.9 Å². The van der Waals surface area contributed by atoms with Crippen molar-refractivity contribution < 1.29 is 18.3 Å². The number of nitrogens with zero attached hydrogens (tertiary/aromatic N) is 4. The summed E-state index contributed by atoms with van der Waals surface area (Å²) in [7, 11) is 1.35. The molecule has 1 saturated carbocycles. The van der Waals surface area contributed by atoms with E-state index in [-0.39, 0.29) is 45.1 Å². The first-order valence-corrected chi connectivity index (χ1v) is 13.2. The Hall–Kier alpha value is -4.04. The molecule has 0 bridgehead atoms. The van der Waals surface area contributed by atoms with Crippen molar-refractivity contribution in [1.82, 2.24) is 15.2 Å². The molecule has 3 rings (SSSR count). The third-order valence-electron chi connectivity index (χ3n) is 5.77. The summed E-state index contributed by atoms with van der Waals surface area (Å²) in [4.78, 5) is 21.5. The number of nitrogens with one attached hydrogen (secondary N) is 2. The molecule has 0 saturated heterocycles. The lowest BCUT2D eigenvalue weighted by Gasteiger charge is -2.15. The van der Waals surface area contributed by atoms with Crippen molar-refractivity contribution in [2.24, 2.45) is 16.8 Å². The van der Waals surface area contributed by atoms with Crippen LogP contribution in [0.5, 0.6) is 5.75 Å². The fraction of sp³-hybridized carbons (Fsp3) is 0.357. The number of amides is 1. The summed E-state index contributed by atoms with van der Waals surface area (Å²) >= 11 is 1.11. The van der Waals surface area contributed by atoms with Crippen molar-refractivity contribution in [1.29, 1.82) is 5.41 Å². The van der Waals surface area contributed by atoms with E-state index < -0.39 is 18.0 Å². The maximum Gasteiger partial charge on any atom is 0.280 e. The van der Waals surface area contributed by atoms with Gasteiger partial charge in [0.2, 0.25) is 5.13 Å². The molecular formula is C28H30F2N6O2S. The lowest BCUT2D eigenvalue weighted by molar-refractivity contribution is -0.112. The van der Waals surface area contributed by atoms with Crippen LogP contribution in [-0.4, -0.2) is 39.6 Å². The second-order valence-corrected chi connectivity index (χ2v) is 9.77. The summed E-state index contributed by atoms with van der Waals surface area (Å²) in [6.07, 6.45) is 6.39. The van der Waals surface area contributed by atoms with Gasteiger partial charge in [-0.25, -0.2) is 13.8 Å². The Morgan fingerprint density at radius 3 is 2.77 bits per heavy atom. The average molecular weight is 553 g/mol. The molecule has 2 aromatic heterocycles. The van der Waals surface area contributed by atoms with Crippen molar-refractivity contribution in [3.05, 3.63) is 64.6 Å². The van der Waals surface area contributed by atoms with Crippen LogP contribution in [0.2, 0.25) is 0 Å². The number of anilines is 1. The summed E-state index contributed by atoms with van der Waals surface area (Å²) < 4.78 is 32.5. The van der Waals surface area contributed by atoms with Crippen LogP contribution in [0, 0.1) is 29.1 Å². The molecular weight excluding hydrogens is 522 g/mol. The average Bonchev–Trinajstić information content (AvgIpc) is 3.67. The monoisotopic (exact) mass is 552 g/mol. The molecule has 0 aliphatic heterocycles. The van der Waals surface area contributed by atoms with Crippen LogP contribution >= 0.6 is 11.3 Å². The fourth-order valence-corrected chi connectivity index (χ4v) is 3.69. The summed E-state index contributed by atoms with van der Waals surface area (Å²) in [5.41, 5.74) is -0.365. The number of methoxy groups -OCH3 is 1. The third-order valence-corrected chi connectivity index (χ3v) is 6.52. The van der Waals surface area contributed by atoms with Gasteiger partial charge in [0.25, 0.3) is 12.3 Å². The van der Waals surface area contributed by atoms with E-state index in [0.29, 0.717) is 10.9 Å². The molecule has 1 atom stereocenters. The van der Waals surface area contributed by atoms with Gasteiger partial charge in [-0.15, -0.1) is 10.2 Å². The summed E-state index contributed by atoms with van der Waals surface area (Å²) in [6, 6.07) is 1.10. The van der Waals surface area contributed by atoms with Crippen LogP contribution in [0.1, 0.15) is 62.7 Å². The number of carbonyl (C=O) groups excluding carboxylic acids is 1. The quantitative estimate of drug-likeness (QED) is 0.197. The van der Waals surface area contributed by atoms with Gasteiger partial charge in [0.15, 0.2) is 5.01 Å². The van der Waals surface area contributed by atoms with Gasteiger partial charge in [-0.05, 0) is 43.7 Å². The fourth-order valence-electron chi connectivity index (χ4n) is 3.09. The second kappa shape index (κ2) is 13.7. The predicted octanol–water partition coefficient (Wildman–Crippen LogP) is 6.15. The first-order valence-electron chi connectivity index (χ1n) is 12.4. The Morgan fingerprint density at radius 2 is 2.15 bits per heavy atom. The molecule has 39 heavy (non-hydrogen) atoms. The molecule has 2 aromatic rings. The lowest BCUT2D eigenvalue weighted by atomic mass is 10.0. The molecule has 8 nitrogen and oxygen atoms in total. The van der Waals surface area contributed by atoms with E-state index in [1.165, 1.54) is 7.11 Å². The van der Waals surface area contributed by atoms with Crippen LogP contribution in [0.3, 0.4) is 0 Å². The van der Waals surface area contributed by atoms with Crippen molar-refractivity contribution in [3.63, 3.8) is 0 Å². The van der Waals surface area contributed by atoms with Gasteiger partial charge >= 0.3 is 0 Å². The largest absolute Gasteiger partial charge is 0.494 e. The van der Waals surface area contributed by atoms with E-state index in [4.69, 9.17) is 10.1 Å². The van der Waals surface area contributed by atoms with Crippen LogP contribution in [0.25, 0.3) is 0 Å². The minimum absolute atomic E-state index is 0.0540. The molecule has 1 aliphatic rings. The Balaban J connectivity index is 2.00. The SMILES string of the molecule is C=C(C(=O)Nc1nnc(C#CC2CC2)s1)C(=N/C(=C\C)C(=N)/C=C\C(C)CC)c1cc(C(F)F)ncc1OC. The maximum atomic E-state index is 13.6. The number of carbonyl (C=O) groups is 1. The molecule has 1 amide bonds. The van der Waals surface area contributed by atoms with Gasteiger partial charge < -0.3 is 4.74 Å². The molecule has 1 unspecified atom stereocenters. The van der Waals surface area contributed by atoms with Crippen molar-refractivity contribution in [2.45, 2.75) is 46.5 Å². The van der Waals surface area contributed by atoms with Gasteiger partial charge in [0.05, 0.1) is 36.0 Å². The van der Waals surface area contributed by atoms with Gasteiger partial charge in [0, 0.05) is 11.5 Å². The molecule has 2 N–H and O–H groups in total. The Morgan fingerprint density at radius 1 is 1.41 bits per heavy atom. The number of halogens is 2. The smallest absolute Gasteiger partial charge is 0.280 e. The van der Waals surface area contributed by atoms with E-state index in [9.17, 15) is 13.6 Å². The first-order chi connectivity index (χ1) is 18.7. The number of aromatic nitrogens is 3. The predicted molar refractivity (Wildman–Crippen MR) is 150 cm³/mol. The summed E-state index contributed by atoms with van der Waals surface area (Å²) in [6.45, 7) is 9.63.